The number of benzene rings is 1. The summed E-state index contributed by atoms with van der Waals surface area (Å²) in [5.41, 5.74) is 7.00. The summed E-state index contributed by atoms with van der Waals surface area (Å²) < 4.78 is 14.6. The third-order valence-corrected chi connectivity index (χ3v) is 4.22. The van der Waals surface area contributed by atoms with Gasteiger partial charge >= 0.3 is 0 Å². The highest BCUT2D eigenvalue weighted by molar-refractivity contribution is 9.10. The molecule has 1 aliphatic rings. The van der Waals surface area contributed by atoms with E-state index in [9.17, 15) is 4.39 Å². The van der Waals surface area contributed by atoms with Crippen molar-refractivity contribution in [2.45, 2.75) is 31.8 Å². The molecule has 0 amide bonds. The van der Waals surface area contributed by atoms with Crippen molar-refractivity contribution in [1.29, 1.82) is 0 Å². The standard InChI is InChI=1S/C12H16BrFN2/c1-16(9-3-2-4-9)10-6-5-8(7-15)11(13)12(10)14/h5-6,9H,2-4,7,15H2,1H3. The van der Waals surface area contributed by atoms with Crippen LogP contribution in [0.3, 0.4) is 0 Å². The van der Waals surface area contributed by atoms with Crippen molar-refractivity contribution in [2.75, 3.05) is 11.9 Å². The molecule has 0 heterocycles. The summed E-state index contributed by atoms with van der Waals surface area (Å²) in [6.45, 7) is 0.352. The molecule has 1 saturated carbocycles. The summed E-state index contributed by atoms with van der Waals surface area (Å²) >= 11 is 3.27. The Morgan fingerprint density at radius 2 is 2.19 bits per heavy atom. The fourth-order valence-electron chi connectivity index (χ4n) is 1.98. The van der Waals surface area contributed by atoms with Gasteiger partial charge < -0.3 is 10.6 Å². The van der Waals surface area contributed by atoms with Gasteiger partial charge in [0.25, 0.3) is 0 Å². The van der Waals surface area contributed by atoms with Crippen LogP contribution in [0.4, 0.5) is 10.1 Å². The molecule has 0 saturated heterocycles. The van der Waals surface area contributed by atoms with E-state index in [4.69, 9.17) is 5.73 Å². The summed E-state index contributed by atoms with van der Waals surface area (Å²) in [7, 11) is 1.96. The van der Waals surface area contributed by atoms with Crippen molar-refractivity contribution in [3.8, 4) is 0 Å². The Hall–Kier alpha value is -0.610. The van der Waals surface area contributed by atoms with Crippen LogP contribution < -0.4 is 10.6 Å². The maximum Gasteiger partial charge on any atom is 0.160 e. The molecule has 0 spiro atoms. The first-order chi connectivity index (χ1) is 7.65. The van der Waals surface area contributed by atoms with E-state index < -0.39 is 0 Å². The quantitative estimate of drug-likeness (QED) is 0.926. The summed E-state index contributed by atoms with van der Waals surface area (Å²) in [6, 6.07) is 4.20. The minimum absolute atomic E-state index is 0.197. The molecular formula is C12H16BrFN2. The van der Waals surface area contributed by atoms with E-state index in [2.05, 4.69) is 15.9 Å². The smallest absolute Gasteiger partial charge is 0.160 e. The zero-order valence-electron chi connectivity index (χ0n) is 9.34. The van der Waals surface area contributed by atoms with Crippen LogP contribution in [0.25, 0.3) is 0 Å². The molecule has 1 aromatic carbocycles. The Morgan fingerprint density at radius 3 is 2.69 bits per heavy atom. The van der Waals surface area contributed by atoms with Gasteiger partial charge in [0.15, 0.2) is 5.82 Å². The Morgan fingerprint density at radius 1 is 1.50 bits per heavy atom. The van der Waals surface area contributed by atoms with Gasteiger partial charge in [-0.15, -0.1) is 0 Å². The zero-order valence-corrected chi connectivity index (χ0v) is 10.9. The molecule has 16 heavy (non-hydrogen) atoms. The molecule has 0 aromatic heterocycles. The van der Waals surface area contributed by atoms with Gasteiger partial charge in [0.05, 0.1) is 10.2 Å². The SMILES string of the molecule is CN(c1ccc(CN)c(Br)c1F)C1CCC1. The number of nitrogens with zero attached hydrogens (tertiary/aromatic N) is 1. The largest absolute Gasteiger partial charge is 0.369 e. The van der Waals surface area contributed by atoms with Gasteiger partial charge in [-0.1, -0.05) is 6.07 Å². The molecule has 2 nitrogen and oxygen atoms in total. The normalized spacial score (nSPS) is 16.0. The van der Waals surface area contributed by atoms with Crippen molar-refractivity contribution in [2.24, 2.45) is 5.73 Å². The molecule has 1 fully saturated rings. The van der Waals surface area contributed by atoms with Gasteiger partial charge in [0.1, 0.15) is 0 Å². The lowest BCUT2D eigenvalue weighted by Crippen LogP contribution is -2.37. The summed E-state index contributed by atoms with van der Waals surface area (Å²) in [5, 5.41) is 0. The van der Waals surface area contributed by atoms with Gasteiger partial charge in [-0.3, -0.25) is 0 Å². The summed E-state index contributed by atoms with van der Waals surface area (Å²) in [4.78, 5) is 2.03. The number of rotatable bonds is 3. The topological polar surface area (TPSA) is 29.3 Å². The van der Waals surface area contributed by atoms with Crippen molar-refractivity contribution < 1.29 is 4.39 Å². The first-order valence-electron chi connectivity index (χ1n) is 5.55. The van der Waals surface area contributed by atoms with Gasteiger partial charge in [-0.05, 0) is 46.8 Å². The van der Waals surface area contributed by atoms with E-state index in [1.807, 2.05) is 24.1 Å². The highest BCUT2D eigenvalue weighted by atomic mass is 79.9. The average molecular weight is 287 g/mol. The average Bonchev–Trinajstić information content (AvgIpc) is 2.19. The van der Waals surface area contributed by atoms with E-state index in [1.54, 1.807) is 0 Å². The molecule has 1 aromatic rings. The molecule has 1 aliphatic carbocycles. The second-order valence-corrected chi connectivity index (χ2v) is 5.06. The van der Waals surface area contributed by atoms with Crippen molar-refractivity contribution in [3.63, 3.8) is 0 Å². The highest BCUT2D eigenvalue weighted by Gasteiger charge is 2.25. The minimum Gasteiger partial charge on any atom is -0.369 e. The fourth-order valence-corrected chi connectivity index (χ4v) is 2.48. The van der Waals surface area contributed by atoms with E-state index in [0.717, 1.165) is 18.4 Å². The van der Waals surface area contributed by atoms with Crippen LogP contribution in [0, 0.1) is 5.82 Å². The monoisotopic (exact) mass is 286 g/mol. The first kappa shape index (κ1) is 11.9. The van der Waals surface area contributed by atoms with Crippen LogP contribution in [0.5, 0.6) is 0 Å². The van der Waals surface area contributed by atoms with Gasteiger partial charge in [0, 0.05) is 19.6 Å². The second kappa shape index (κ2) is 4.72. The zero-order chi connectivity index (χ0) is 11.7. The molecular weight excluding hydrogens is 271 g/mol. The lowest BCUT2D eigenvalue weighted by molar-refractivity contribution is 0.397. The van der Waals surface area contributed by atoms with Gasteiger partial charge in [-0.25, -0.2) is 4.39 Å². The Balaban J connectivity index is 2.30. The van der Waals surface area contributed by atoms with E-state index in [0.29, 0.717) is 22.7 Å². The maximum absolute atomic E-state index is 14.1. The predicted molar refractivity (Wildman–Crippen MR) is 68.0 cm³/mol. The fraction of sp³-hybridized carbons (Fsp3) is 0.500. The van der Waals surface area contributed by atoms with Crippen LogP contribution in [-0.4, -0.2) is 13.1 Å². The third-order valence-electron chi connectivity index (χ3n) is 3.36. The van der Waals surface area contributed by atoms with E-state index in [1.165, 1.54) is 6.42 Å². The minimum atomic E-state index is -0.197. The van der Waals surface area contributed by atoms with Crippen molar-refractivity contribution in [1.82, 2.24) is 0 Å². The maximum atomic E-state index is 14.1. The van der Waals surface area contributed by atoms with Crippen molar-refractivity contribution in [3.05, 3.63) is 28.0 Å². The van der Waals surface area contributed by atoms with Crippen LogP contribution in [0.15, 0.2) is 16.6 Å². The predicted octanol–water partition coefficient (Wildman–Crippen LogP) is 3.04. The second-order valence-electron chi connectivity index (χ2n) is 4.27. The molecule has 0 unspecified atom stereocenters. The van der Waals surface area contributed by atoms with E-state index >= 15 is 0 Å². The Labute approximate surface area is 104 Å². The molecule has 2 N–H and O–H groups in total. The summed E-state index contributed by atoms with van der Waals surface area (Å²) in [5.74, 6) is -0.197. The number of nitrogens with two attached hydrogens (primary N) is 1. The van der Waals surface area contributed by atoms with Crippen molar-refractivity contribution >= 4 is 21.6 Å². The molecule has 4 heteroatoms. The third kappa shape index (κ3) is 1.96. The Bertz CT molecular complexity index is 391. The molecule has 2 rings (SSSR count). The molecule has 0 aliphatic heterocycles. The molecule has 88 valence electrons. The van der Waals surface area contributed by atoms with Crippen LogP contribution >= 0.6 is 15.9 Å². The summed E-state index contributed by atoms with van der Waals surface area (Å²) in [6.07, 6.45) is 3.57. The molecule has 0 atom stereocenters. The lowest BCUT2D eigenvalue weighted by Gasteiger charge is -2.36. The molecule has 0 bridgehead atoms. The molecule has 0 radical (unpaired) electrons. The number of hydrogen-bond donors (Lipinski definition) is 1. The number of anilines is 1. The van der Waals surface area contributed by atoms with Crippen LogP contribution in [-0.2, 0) is 6.54 Å². The van der Waals surface area contributed by atoms with Crippen LogP contribution in [0.2, 0.25) is 0 Å². The van der Waals surface area contributed by atoms with Gasteiger partial charge in [-0.2, -0.15) is 0 Å². The first-order valence-corrected chi connectivity index (χ1v) is 6.34. The van der Waals surface area contributed by atoms with Crippen LogP contribution in [0.1, 0.15) is 24.8 Å². The number of halogens is 2. The Kier molecular flexibility index (Phi) is 3.50. The lowest BCUT2D eigenvalue weighted by atomic mass is 9.91. The van der Waals surface area contributed by atoms with E-state index in [-0.39, 0.29) is 5.82 Å². The number of hydrogen-bond acceptors (Lipinski definition) is 2. The highest BCUT2D eigenvalue weighted by Crippen LogP contribution is 2.33. The van der Waals surface area contributed by atoms with Gasteiger partial charge in [0.2, 0.25) is 0 Å².